The number of hydrogen-bond acceptors (Lipinski definition) is 4. The number of nitrogens with zero attached hydrogens (tertiary/aromatic N) is 1. The quantitative estimate of drug-likeness (QED) is 0.475. The Hall–Kier alpha value is -2.96. The van der Waals surface area contributed by atoms with Crippen LogP contribution in [0.2, 0.25) is 5.02 Å². The number of hydrogen-bond donors (Lipinski definition) is 2. The van der Waals surface area contributed by atoms with Gasteiger partial charge in [0.15, 0.2) is 0 Å². The van der Waals surface area contributed by atoms with Crippen LogP contribution in [0.25, 0.3) is 0 Å². The largest absolute Gasteiger partial charge is 0.369 e. The lowest BCUT2D eigenvalue weighted by molar-refractivity contribution is -0.115. The third kappa shape index (κ3) is 5.44. The number of carbonyl (C=O) groups excluding carboxylic acids is 2. The number of benzene rings is 3. The predicted molar refractivity (Wildman–Crippen MR) is 132 cm³/mol. The summed E-state index contributed by atoms with van der Waals surface area (Å²) in [4.78, 5) is 27.1. The van der Waals surface area contributed by atoms with E-state index >= 15 is 0 Å². The van der Waals surface area contributed by atoms with E-state index < -0.39 is 5.91 Å². The summed E-state index contributed by atoms with van der Waals surface area (Å²) in [5.74, 6) is -0.485. The average molecular weight is 466 g/mol. The lowest BCUT2D eigenvalue weighted by Gasteiger charge is -2.32. The van der Waals surface area contributed by atoms with Gasteiger partial charge in [0.2, 0.25) is 5.91 Å². The fourth-order valence-corrected chi connectivity index (χ4v) is 4.77. The summed E-state index contributed by atoms with van der Waals surface area (Å²) in [6.45, 7) is 1.81. The van der Waals surface area contributed by atoms with Crippen LogP contribution in [0.5, 0.6) is 0 Å². The number of amides is 2. The lowest BCUT2D eigenvalue weighted by atomic mass is 10.00. The number of nitrogens with two attached hydrogens (primary N) is 1. The van der Waals surface area contributed by atoms with Crippen molar-refractivity contribution in [3.8, 4) is 0 Å². The summed E-state index contributed by atoms with van der Waals surface area (Å²) in [6, 6.07) is 21.2. The first-order valence-corrected chi connectivity index (χ1v) is 11.8. The topological polar surface area (TPSA) is 75.4 Å². The second-order valence-corrected chi connectivity index (χ2v) is 9.15. The number of rotatable bonds is 7. The average Bonchev–Trinajstić information content (AvgIpc) is 2.79. The Kier molecular flexibility index (Phi) is 7.02. The van der Waals surface area contributed by atoms with Gasteiger partial charge in [0.25, 0.3) is 5.91 Å². The van der Waals surface area contributed by atoms with Crippen LogP contribution in [0.4, 0.5) is 11.4 Å². The molecule has 3 N–H and O–H groups in total. The molecule has 4 rings (SSSR count). The number of primary amides is 1. The molecule has 2 amide bonds. The van der Waals surface area contributed by atoms with Crippen molar-refractivity contribution in [1.82, 2.24) is 0 Å². The van der Waals surface area contributed by atoms with Gasteiger partial charge in [0.05, 0.1) is 11.3 Å². The minimum absolute atomic E-state index is 0.132. The van der Waals surface area contributed by atoms with E-state index in [9.17, 15) is 9.59 Å². The van der Waals surface area contributed by atoms with Crippen LogP contribution in [0, 0.1) is 0 Å². The van der Waals surface area contributed by atoms with Gasteiger partial charge in [-0.2, -0.15) is 0 Å². The summed E-state index contributed by atoms with van der Waals surface area (Å²) in [5, 5.41) is 3.74. The molecular formula is C25H24ClN3O2S. The van der Waals surface area contributed by atoms with Gasteiger partial charge in [-0.3, -0.25) is 9.59 Å². The van der Waals surface area contributed by atoms with Crippen molar-refractivity contribution in [2.45, 2.75) is 24.3 Å². The maximum absolute atomic E-state index is 12.9. The second-order valence-electron chi connectivity index (χ2n) is 7.70. The summed E-state index contributed by atoms with van der Waals surface area (Å²) in [6.07, 6.45) is 2.03. The maximum atomic E-state index is 12.9. The Balaban J connectivity index is 1.49. The lowest BCUT2D eigenvalue weighted by Crippen LogP contribution is -2.28. The molecule has 0 saturated carbocycles. The van der Waals surface area contributed by atoms with E-state index in [1.165, 1.54) is 28.6 Å². The van der Waals surface area contributed by atoms with Gasteiger partial charge < -0.3 is 16.0 Å². The number of anilines is 2. The normalized spacial score (nSPS) is 12.8. The van der Waals surface area contributed by atoms with Gasteiger partial charge >= 0.3 is 0 Å². The Morgan fingerprint density at radius 2 is 1.84 bits per heavy atom. The second kappa shape index (κ2) is 10.1. The molecule has 1 aliphatic heterocycles. The maximum Gasteiger partial charge on any atom is 0.256 e. The van der Waals surface area contributed by atoms with Crippen LogP contribution in [0.15, 0.2) is 71.6 Å². The van der Waals surface area contributed by atoms with E-state index in [2.05, 4.69) is 34.5 Å². The van der Waals surface area contributed by atoms with Gasteiger partial charge in [-0.05, 0) is 66.4 Å². The van der Waals surface area contributed by atoms with E-state index in [0.717, 1.165) is 41.5 Å². The van der Waals surface area contributed by atoms with Gasteiger partial charge in [-0.25, -0.2) is 0 Å². The van der Waals surface area contributed by atoms with Crippen LogP contribution in [0.3, 0.4) is 0 Å². The first-order chi connectivity index (χ1) is 15.5. The summed E-state index contributed by atoms with van der Waals surface area (Å²) < 4.78 is 0. The third-order valence-corrected chi connectivity index (χ3v) is 6.69. The predicted octanol–water partition coefficient (Wildman–Crippen LogP) is 5.12. The molecule has 0 spiro atoms. The molecule has 3 aromatic rings. The smallest absolute Gasteiger partial charge is 0.256 e. The number of fused-ring (bicyclic) bond motifs is 1. The van der Waals surface area contributed by atoms with Gasteiger partial charge in [0, 0.05) is 34.4 Å². The Labute approximate surface area is 196 Å². The summed E-state index contributed by atoms with van der Waals surface area (Å²) in [7, 11) is 0. The Bertz CT molecular complexity index is 1130. The highest BCUT2D eigenvalue weighted by atomic mass is 35.5. The zero-order valence-corrected chi connectivity index (χ0v) is 19.1. The van der Waals surface area contributed by atoms with Gasteiger partial charge in [-0.15, -0.1) is 11.8 Å². The molecular weight excluding hydrogens is 442 g/mol. The molecule has 0 aromatic heterocycles. The molecule has 1 aliphatic rings. The minimum atomic E-state index is -0.414. The third-order valence-electron chi connectivity index (χ3n) is 5.34. The van der Waals surface area contributed by atoms with Gasteiger partial charge in [-0.1, -0.05) is 35.9 Å². The van der Waals surface area contributed by atoms with E-state index in [4.69, 9.17) is 17.3 Å². The molecule has 164 valence electrons. The Morgan fingerprint density at radius 1 is 1.06 bits per heavy atom. The summed E-state index contributed by atoms with van der Waals surface area (Å²) >= 11 is 7.28. The van der Waals surface area contributed by atoms with E-state index in [1.54, 1.807) is 6.07 Å². The van der Waals surface area contributed by atoms with Crippen LogP contribution >= 0.6 is 23.4 Å². The van der Waals surface area contributed by atoms with E-state index in [-0.39, 0.29) is 11.7 Å². The molecule has 0 radical (unpaired) electrons. The molecule has 7 heteroatoms. The SMILES string of the molecule is NC(=O)CSc1ccccc1C(=O)Nc1ccc2c(c1)CCCN2Cc1ccc(Cl)cc1. The molecule has 0 atom stereocenters. The number of thioether (sulfide) groups is 1. The highest BCUT2D eigenvalue weighted by Crippen LogP contribution is 2.31. The molecule has 0 bridgehead atoms. The van der Waals surface area contributed by atoms with Crippen molar-refractivity contribution in [3.63, 3.8) is 0 Å². The van der Waals surface area contributed by atoms with Gasteiger partial charge in [0.1, 0.15) is 0 Å². The van der Waals surface area contributed by atoms with Crippen molar-refractivity contribution in [3.05, 3.63) is 88.4 Å². The van der Waals surface area contributed by atoms with Crippen molar-refractivity contribution < 1.29 is 9.59 Å². The zero-order chi connectivity index (χ0) is 22.5. The van der Waals surface area contributed by atoms with E-state index in [0.29, 0.717) is 5.56 Å². The first-order valence-electron chi connectivity index (χ1n) is 10.4. The monoisotopic (exact) mass is 465 g/mol. The molecule has 3 aromatic carbocycles. The highest BCUT2D eigenvalue weighted by molar-refractivity contribution is 8.00. The van der Waals surface area contributed by atoms with Crippen molar-refractivity contribution >= 4 is 46.6 Å². The number of aryl methyl sites for hydroxylation is 1. The fraction of sp³-hybridized carbons (Fsp3) is 0.200. The number of nitrogens with one attached hydrogen (secondary N) is 1. The molecule has 5 nitrogen and oxygen atoms in total. The van der Waals surface area contributed by atoms with Crippen LogP contribution in [-0.4, -0.2) is 24.1 Å². The fourth-order valence-electron chi connectivity index (χ4n) is 3.85. The molecule has 0 unspecified atom stereocenters. The molecule has 1 heterocycles. The minimum Gasteiger partial charge on any atom is -0.369 e. The van der Waals surface area contributed by atoms with Crippen molar-refractivity contribution in [1.29, 1.82) is 0 Å². The number of halogens is 1. The summed E-state index contributed by atoms with van der Waals surface area (Å²) in [5.41, 5.74) is 10.2. The molecule has 32 heavy (non-hydrogen) atoms. The van der Waals surface area contributed by atoms with Crippen LogP contribution in [0.1, 0.15) is 27.9 Å². The van der Waals surface area contributed by atoms with E-state index in [1.807, 2.05) is 36.4 Å². The standard InChI is InChI=1S/C25H24ClN3O2S/c26-19-9-7-17(8-10-19)15-29-13-3-4-18-14-20(11-12-22(18)29)28-25(31)21-5-1-2-6-23(21)32-16-24(27)30/h1-2,5-12,14H,3-4,13,15-16H2,(H2,27,30)(H,28,31). The molecule has 0 fully saturated rings. The number of carbonyl (C=O) groups is 2. The first kappa shape index (κ1) is 22.2. The Morgan fingerprint density at radius 3 is 2.62 bits per heavy atom. The molecule has 0 aliphatic carbocycles. The van der Waals surface area contributed by atoms with Crippen LogP contribution < -0.4 is 16.0 Å². The molecule has 0 saturated heterocycles. The van der Waals surface area contributed by atoms with Crippen molar-refractivity contribution in [2.24, 2.45) is 5.73 Å². The van der Waals surface area contributed by atoms with Crippen LogP contribution in [-0.2, 0) is 17.8 Å². The zero-order valence-electron chi connectivity index (χ0n) is 17.5. The van der Waals surface area contributed by atoms with Crippen molar-refractivity contribution in [2.75, 3.05) is 22.5 Å². The highest BCUT2D eigenvalue weighted by Gasteiger charge is 2.19.